The van der Waals surface area contributed by atoms with Gasteiger partial charge in [0.05, 0.1) is 0 Å². The molecule has 2 heterocycles. The summed E-state index contributed by atoms with van der Waals surface area (Å²) in [5.74, 6) is 0. The second-order valence-corrected chi connectivity index (χ2v) is 18.1. The van der Waals surface area contributed by atoms with E-state index in [2.05, 4.69) is 229 Å². The lowest BCUT2D eigenvalue weighted by atomic mass is 9.96. The first-order valence-corrected chi connectivity index (χ1v) is 22.8. The fourth-order valence-corrected chi connectivity index (χ4v) is 11.7. The highest BCUT2D eigenvalue weighted by atomic mass is 32.1. The molecular weight excluding hydrogens is 787 g/mol. The van der Waals surface area contributed by atoms with Crippen molar-refractivity contribution >= 4 is 85.2 Å². The van der Waals surface area contributed by atoms with Crippen LogP contribution in [0.5, 0.6) is 0 Å². The van der Waals surface area contributed by atoms with Crippen LogP contribution < -0.4 is 4.90 Å². The number of anilines is 2. The van der Waals surface area contributed by atoms with Crippen molar-refractivity contribution in [2.24, 2.45) is 0 Å². The van der Waals surface area contributed by atoms with Crippen molar-refractivity contribution in [2.75, 3.05) is 4.90 Å². The first kappa shape index (κ1) is 36.5. The molecule has 0 aliphatic heterocycles. The molecule has 0 bridgehead atoms. The highest BCUT2D eigenvalue weighted by Crippen LogP contribution is 2.43. The fourth-order valence-electron chi connectivity index (χ4n) is 9.28. The molecule has 0 saturated carbocycles. The van der Waals surface area contributed by atoms with Gasteiger partial charge in [0.1, 0.15) is 0 Å². The van der Waals surface area contributed by atoms with Gasteiger partial charge in [0.15, 0.2) is 0 Å². The molecule has 0 saturated heterocycles. The lowest BCUT2D eigenvalue weighted by Gasteiger charge is -2.27. The third kappa shape index (κ3) is 6.46. The lowest BCUT2D eigenvalue weighted by Crippen LogP contribution is -2.17. The third-order valence-electron chi connectivity index (χ3n) is 12.4. The Hall–Kier alpha value is -7.30. The highest BCUT2D eigenvalue weighted by molar-refractivity contribution is 7.26. The zero-order chi connectivity index (χ0) is 41.0. The molecule has 2 aromatic heterocycles. The predicted molar refractivity (Wildman–Crippen MR) is 270 cm³/mol. The topological polar surface area (TPSA) is 3.24 Å². The molecule has 1 nitrogen and oxygen atoms in total. The van der Waals surface area contributed by atoms with Gasteiger partial charge in [-0.1, -0.05) is 176 Å². The van der Waals surface area contributed by atoms with Crippen LogP contribution in [0.25, 0.3) is 95.6 Å². The van der Waals surface area contributed by atoms with Crippen LogP contribution in [0.2, 0.25) is 0 Å². The van der Waals surface area contributed by atoms with Gasteiger partial charge in [-0.05, 0) is 109 Å². The van der Waals surface area contributed by atoms with Crippen molar-refractivity contribution in [1.82, 2.24) is 0 Å². The Bertz CT molecular complexity index is 3630. The molecule has 0 N–H and O–H groups in total. The maximum Gasteiger partial charge on any atom is 0.0487 e. The van der Waals surface area contributed by atoms with Crippen molar-refractivity contribution < 1.29 is 0 Å². The van der Waals surface area contributed by atoms with Crippen molar-refractivity contribution in [2.45, 2.75) is 6.54 Å². The van der Waals surface area contributed by atoms with E-state index in [1.54, 1.807) is 0 Å². The molecule has 0 spiro atoms. The third-order valence-corrected chi connectivity index (χ3v) is 14.8. The minimum atomic E-state index is 0.699. The summed E-state index contributed by atoms with van der Waals surface area (Å²) in [5.41, 5.74) is 13.4. The average Bonchev–Trinajstić information content (AvgIpc) is 3.92. The molecule has 0 unspecified atom stereocenters. The molecule has 12 rings (SSSR count). The van der Waals surface area contributed by atoms with Gasteiger partial charge in [0, 0.05) is 58.3 Å². The minimum absolute atomic E-state index is 0.699. The minimum Gasteiger partial charge on any atom is -0.337 e. The first-order chi connectivity index (χ1) is 30.7. The van der Waals surface area contributed by atoms with Gasteiger partial charge in [0.2, 0.25) is 0 Å². The van der Waals surface area contributed by atoms with Crippen LogP contribution >= 0.6 is 22.7 Å². The quantitative estimate of drug-likeness (QED) is 0.148. The second-order valence-electron chi connectivity index (χ2n) is 16.0. The van der Waals surface area contributed by atoms with Crippen molar-refractivity contribution in [3.63, 3.8) is 0 Å². The van der Waals surface area contributed by atoms with E-state index in [0.717, 1.165) is 11.4 Å². The van der Waals surface area contributed by atoms with Crippen LogP contribution in [0.4, 0.5) is 11.4 Å². The summed E-state index contributed by atoms with van der Waals surface area (Å²) in [4.78, 5) is 2.49. The molecular formula is C59H39NS2. The summed E-state index contributed by atoms with van der Waals surface area (Å²) < 4.78 is 5.32. The number of benzene rings is 10. The van der Waals surface area contributed by atoms with E-state index in [9.17, 15) is 0 Å². The number of nitrogens with zero attached hydrogens (tertiary/aromatic N) is 1. The maximum atomic E-state index is 2.49. The van der Waals surface area contributed by atoms with Crippen LogP contribution in [0.1, 0.15) is 5.56 Å². The van der Waals surface area contributed by atoms with E-state index in [0.29, 0.717) is 6.54 Å². The first-order valence-electron chi connectivity index (χ1n) is 21.2. The Labute approximate surface area is 369 Å². The molecule has 62 heavy (non-hydrogen) atoms. The van der Waals surface area contributed by atoms with Gasteiger partial charge >= 0.3 is 0 Å². The number of thiophene rings is 2. The molecule has 292 valence electrons. The van der Waals surface area contributed by atoms with Crippen LogP contribution in [-0.2, 0) is 6.54 Å². The van der Waals surface area contributed by atoms with Crippen LogP contribution in [-0.4, -0.2) is 0 Å². The molecule has 0 aliphatic carbocycles. The largest absolute Gasteiger partial charge is 0.337 e. The summed E-state index contributed by atoms with van der Waals surface area (Å²) in [7, 11) is 0. The molecule has 0 amide bonds. The monoisotopic (exact) mass is 825 g/mol. The SMILES string of the molecule is c1cc(-c2cccc(N(Cc3ccccc3-c3cccc4c3sc3ccccc34)c3ccc(-c4ccc5ccccc5c4)cc3)c2)cc(-c2cccc3c2sc2ccccc23)c1. The number of fused-ring (bicyclic) bond motifs is 7. The van der Waals surface area contributed by atoms with Gasteiger partial charge in [-0.25, -0.2) is 0 Å². The number of hydrogen-bond acceptors (Lipinski definition) is 3. The van der Waals surface area contributed by atoms with E-state index < -0.39 is 0 Å². The zero-order valence-corrected chi connectivity index (χ0v) is 35.5. The van der Waals surface area contributed by atoms with E-state index in [4.69, 9.17) is 0 Å². The standard InChI is InChI=1S/C59H39NS2/c1-2-14-41-35-44(30-29-39(41)13-1)40-31-33-47(34-32-40)60(38-46-15-3-4-20-49(46)53-24-12-26-55-52-22-6-8-28-57(52)62-59(53)55)48-19-10-17-43(37-48)42-16-9-18-45(36-42)50-23-11-25-54-51-21-5-7-27-56(51)61-58(50)54/h1-37H,38H2. The van der Waals surface area contributed by atoms with E-state index in [1.165, 1.54) is 101 Å². The van der Waals surface area contributed by atoms with Crippen LogP contribution in [0.3, 0.4) is 0 Å². The van der Waals surface area contributed by atoms with Gasteiger partial charge in [-0.2, -0.15) is 0 Å². The smallest absolute Gasteiger partial charge is 0.0487 e. The average molecular weight is 826 g/mol. The fraction of sp³-hybridized carbons (Fsp3) is 0.0169. The highest BCUT2D eigenvalue weighted by Gasteiger charge is 2.18. The Morgan fingerprint density at radius 3 is 1.61 bits per heavy atom. The Balaban J connectivity index is 0.961. The van der Waals surface area contributed by atoms with Crippen LogP contribution in [0.15, 0.2) is 224 Å². The Kier molecular flexibility index (Phi) is 9.02. The molecule has 0 atom stereocenters. The molecule has 10 aromatic carbocycles. The van der Waals surface area contributed by atoms with E-state index >= 15 is 0 Å². The summed E-state index contributed by atoms with van der Waals surface area (Å²) in [5, 5.41) is 7.79. The summed E-state index contributed by atoms with van der Waals surface area (Å²) in [6.07, 6.45) is 0. The maximum absolute atomic E-state index is 2.49. The molecule has 0 aliphatic rings. The molecule has 12 aromatic rings. The second kappa shape index (κ2) is 15.3. The van der Waals surface area contributed by atoms with E-state index in [1.807, 2.05) is 22.7 Å². The van der Waals surface area contributed by atoms with Gasteiger partial charge in [-0.3, -0.25) is 0 Å². The zero-order valence-electron chi connectivity index (χ0n) is 33.8. The summed E-state index contributed by atoms with van der Waals surface area (Å²) in [6, 6.07) is 82.7. The van der Waals surface area contributed by atoms with Crippen molar-refractivity contribution in [1.29, 1.82) is 0 Å². The predicted octanol–water partition coefficient (Wildman–Crippen LogP) is 17.6. The molecule has 0 fully saturated rings. The normalized spacial score (nSPS) is 11.6. The molecule has 3 heteroatoms. The number of hydrogen-bond donors (Lipinski definition) is 0. The number of rotatable bonds is 8. The Morgan fingerprint density at radius 2 is 0.839 bits per heavy atom. The van der Waals surface area contributed by atoms with Gasteiger partial charge in [0.25, 0.3) is 0 Å². The summed E-state index contributed by atoms with van der Waals surface area (Å²) in [6.45, 7) is 0.699. The van der Waals surface area contributed by atoms with Crippen LogP contribution in [0, 0.1) is 0 Å². The Morgan fingerprint density at radius 1 is 0.306 bits per heavy atom. The lowest BCUT2D eigenvalue weighted by molar-refractivity contribution is 0.978. The van der Waals surface area contributed by atoms with Crippen molar-refractivity contribution in [3.8, 4) is 44.5 Å². The van der Waals surface area contributed by atoms with Gasteiger partial charge < -0.3 is 4.90 Å². The summed E-state index contributed by atoms with van der Waals surface area (Å²) >= 11 is 3.78. The van der Waals surface area contributed by atoms with E-state index in [-0.39, 0.29) is 0 Å². The van der Waals surface area contributed by atoms with Gasteiger partial charge in [-0.15, -0.1) is 22.7 Å². The molecule has 0 radical (unpaired) electrons. The van der Waals surface area contributed by atoms with Crippen molar-refractivity contribution in [3.05, 3.63) is 230 Å².